The van der Waals surface area contributed by atoms with Crippen molar-refractivity contribution in [2.45, 2.75) is 32.2 Å². The van der Waals surface area contributed by atoms with Crippen molar-refractivity contribution in [3.05, 3.63) is 35.6 Å². The van der Waals surface area contributed by atoms with Gasteiger partial charge in [-0.05, 0) is 37.0 Å². The number of carbonyl (C=O) groups is 1. The second kappa shape index (κ2) is 4.64. The third-order valence-corrected chi connectivity index (χ3v) is 3.16. The van der Waals surface area contributed by atoms with E-state index in [1.54, 1.807) is 19.1 Å². The SMILES string of the molecule is CC(=O)N1CCCC[C@@H]1c1ccc(F)cc1. The number of carbonyl (C=O) groups excluding carboxylic acids is 1. The molecule has 2 nitrogen and oxygen atoms in total. The first-order chi connectivity index (χ1) is 7.68. The van der Waals surface area contributed by atoms with E-state index in [1.165, 1.54) is 12.1 Å². The number of halogens is 1. The Morgan fingerprint density at radius 2 is 2.00 bits per heavy atom. The topological polar surface area (TPSA) is 20.3 Å². The second-order valence-corrected chi connectivity index (χ2v) is 4.28. The molecule has 0 bridgehead atoms. The van der Waals surface area contributed by atoms with Gasteiger partial charge in [0.25, 0.3) is 0 Å². The van der Waals surface area contributed by atoms with Gasteiger partial charge in [-0.1, -0.05) is 12.1 Å². The molecule has 1 aliphatic rings. The molecule has 86 valence electrons. The van der Waals surface area contributed by atoms with Gasteiger partial charge in [-0.2, -0.15) is 0 Å². The molecule has 2 rings (SSSR count). The molecule has 0 saturated carbocycles. The number of hydrogen-bond acceptors (Lipinski definition) is 1. The fourth-order valence-corrected chi connectivity index (χ4v) is 2.34. The largest absolute Gasteiger partial charge is 0.336 e. The third-order valence-electron chi connectivity index (χ3n) is 3.16. The quantitative estimate of drug-likeness (QED) is 0.714. The van der Waals surface area contributed by atoms with Gasteiger partial charge < -0.3 is 4.90 Å². The summed E-state index contributed by atoms with van der Waals surface area (Å²) in [6, 6.07) is 6.61. The van der Waals surface area contributed by atoms with Crippen molar-refractivity contribution in [1.82, 2.24) is 4.90 Å². The Hall–Kier alpha value is -1.38. The van der Waals surface area contributed by atoms with Gasteiger partial charge in [-0.15, -0.1) is 0 Å². The maximum atomic E-state index is 12.8. The first-order valence-corrected chi connectivity index (χ1v) is 5.71. The summed E-state index contributed by atoms with van der Waals surface area (Å²) in [5.74, 6) is -0.122. The van der Waals surface area contributed by atoms with Gasteiger partial charge in [0.2, 0.25) is 5.91 Å². The Morgan fingerprint density at radius 1 is 1.31 bits per heavy atom. The van der Waals surface area contributed by atoms with Gasteiger partial charge in [0.1, 0.15) is 5.82 Å². The number of amides is 1. The molecule has 1 atom stereocenters. The predicted molar refractivity (Wildman–Crippen MR) is 60.4 cm³/mol. The Bertz CT molecular complexity index is 374. The molecule has 16 heavy (non-hydrogen) atoms. The average Bonchev–Trinajstić information content (AvgIpc) is 2.30. The van der Waals surface area contributed by atoms with Gasteiger partial charge in [0.15, 0.2) is 0 Å². The lowest BCUT2D eigenvalue weighted by Gasteiger charge is -2.35. The zero-order valence-electron chi connectivity index (χ0n) is 9.45. The maximum Gasteiger partial charge on any atom is 0.219 e. The van der Waals surface area contributed by atoms with E-state index in [-0.39, 0.29) is 17.8 Å². The fourth-order valence-electron chi connectivity index (χ4n) is 2.34. The summed E-state index contributed by atoms with van der Waals surface area (Å²) in [6.45, 7) is 2.42. The van der Waals surface area contributed by atoms with E-state index >= 15 is 0 Å². The lowest BCUT2D eigenvalue weighted by atomic mass is 9.95. The Morgan fingerprint density at radius 3 is 2.62 bits per heavy atom. The summed E-state index contributed by atoms with van der Waals surface area (Å²) in [4.78, 5) is 13.4. The highest BCUT2D eigenvalue weighted by Gasteiger charge is 2.25. The van der Waals surface area contributed by atoms with Crippen LogP contribution in [-0.4, -0.2) is 17.4 Å². The molecular weight excluding hydrogens is 205 g/mol. The molecule has 3 heteroatoms. The number of hydrogen-bond donors (Lipinski definition) is 0. The highest BCUT2D eigenvalue weighted by atomic mass is 19.1. The first-order valence-electron chi connectivity index (χ1n) is 5.71. The molecular formula is C13H16FNO. The number of piperidine rings is 1. The summed E-state index contributed by atoms with van der Waals surface area (Å²) in [5, 5.41) is 0. The molecule has 1 heterocycles. The maximum absolute atomic E-state index is 12.8. The van der Waals surface area contributed by atoms with Crippen molar-refractivity contribution in [2.24, 2.45) is 0 Å². The van der Waals surface area contributed by atoms with Crippen LogP contribution in [0.2, 0.25) is 0 Å². The van der Waals surface area contributed by atoms with Crippen LogP contribution in [-0.2, 0) is 4.79 Å². The van der Waals surface area contributed by atoms with E-state index in [0.29, 0.717) is 0 Å². The predicted octanol–water partition coefficient (Wildman–Crippen LogP) is 2.90. The van der Waals surface area contributed by atoms with Gasteiger partial charge in [-0.3, -0.25) is 4.79 Å². The van der Waals surface area contributed by atoms with E-state index in [1.807, 2.05) is 4.90 Å². The summed E-state index contributed by atoms with van der Waals surface area (Å²) in [5.41, 5.74) is 1.04. The van der Waals surface area contributed by atoms with Crippen LogP contribution in [0.5, 0.6) is 0 Å². The normalized spacial score (nSPS) is 20.9. The number of benzene rings is 1. The first kappa shape index (κ1) is 11.1. The van der Waals surface area contributed by atoms with Gasteiger partial charge in [-0.25, -0.2) is 4.39 Å². The van der Waals surface area contributed by atoms with E-state index in [2.05, 4.69) is 0 Å². The Balaban J connectivity index is 2.23. The molecule has 0 unspecified atom stereocenters. The highest BCUT2D eigenvalue weighted by Crippen LogP contribution is 2.30. The summed E-state index contributed by atoms with van der Waals surface area (Å²) >= 11 is 0. The van der Waals surface area contributed by atoms with Gasteiger partial charge in [0.05, 0.1) is 6.04 Å². The summed E-state index contributed by atoms with van der Waals surface area (Å²) < 4.78 is 12.8. The van der Waals surface area contributed by atoms with Crippen molar-refractivity contribution in [2.75, 3.05) is 6.54 Å². The fraction of sp³-hybridized carbons (Fsp3) is 0.462. The van der Waals surface area contributed by atoms with Crippen molar-refractivity contribution >= 4 is 5.91 Å². The van der Waals surface area contributed by atoms with Crippen LogP contribution in [0.3, 0.4) is 0 Å². The smallest absolute Gasteiger partial charge is 0.219 e. The summed E-state index contributed by atoms with van der Waals surface area (Å²) in [6.07, 6.45) is 3.17. The summed E-state index contributed by atoms with van der Waals surface area (Å²) in [7, 11) is 0. The zero-order chi connectivity index (χ0) is 11.5. The number of rotatable bonds is 1. The van der Waals surface area contributed by atoms with Gasteiger partial charge >= 0.3 is 0 Å². The van der Waals surface area contributed by atoms with Crippen LogP contribution >= 0.6 is 0 Å². The zero-order valence-corrected chi connectivity index (χ0v) is 9.45. The lowest BCUT2D eigenvalue weighted by molar-refractivity contribution is -0.132. The number of likely N-dealkylation sites (tertiary alicyclic amines) is 1. The molecule has 0 N–H and O–H groups in total. The molecule has 0 spiro atoms. The molecule has 1 fully saturated rings. The third kappa shape index (κ3) is 2.23. The Labute approximate surface area is 95.1 Å². The monoisotopic (exact) mass is 221 g/mol. The van der Waals surface area contributed by atoms with Crippen LogP contribution in [0, 0.1) is 5.82 Å². The van der Waals surface area contributed by atoms with Crippen molar-refractivity contribution < 1.29 is 9.18 Å². The minimum Gasteiger partial charge on any atom is -0.336 e. The second-order valence-electron chi connectivity index (χ2n) is 4.28. The van der Waals surface area contributed by atoms with Crippen LogP contribution < -0.4 is 0 Å². The van der Waals surface area contributed by atoms with E-state index < -0.39 is 0 Å². The Kier molecular flexibility index (Phi) is 3.22. The van der Waals surface area contributed by atoms with E-state index in [0.717, 1.165) is 31.4 Å². The molecule has 0 aliphatic carbocycles. The lowest BCUT2D eigenvalue weighted by Crippen LogP contribution is -2.36. The molecule has 1 aromatic rings. The van der Waals surface area contributed by atoms with E-state index in [9.17, 15) is 9.18 Å². The molecule has 0 aromatic heterocycles. The van der Waals surface area contributed by atoms with Crippen LogP contribution in [0.25, 0.3) is 0 Å². The number of nitrogens with zero attached hydrogens (tertiary/aromatic N) is 1. The van der Waals surface area contributed by atoms with Crippen LogP contribution in [0.4, 0.5) is 4.39 Å². The molecule has 1 amide bonds. The standard InChI is InChI=1S/C13H16FNO/c1-10(16)15-9-3-2-4-13(15)11-5-7-12(14)8-6-11/h5-8,13H,2-4,9H2,1H3/t13-/m1/s1. The highest BCUT2D eigenvalue weighted by molar-refractivity contribution is 5.74. The minimum absolute atomic E-state index is 0.106. The van der Waals surface area contributed by atoms with Gasteiger partial charge in [0, 0.05) is 13.5 Å². The molecule has 1 aromatic carbocycles. The molecule has 1 saturated heterocycles. The van der Waals surface area contributed by atoms with Crippen LogP contribution in [0.15, 0.2) is 24.3 Å². The average molecular weight is 221 g/mol. The van der Waals surface area contributed by atoms with Crippen molar-refractivity contribution in [1.29, 1.82) is 0 Å². The van der Waals surface area contributed by atoms with Crippen molar-refractivity contribution in [3.63, 3.8) is 0 Å². The molecule has 1 aliphatic heterocycles. The van der Waals surface area contributed by atoms with Crippen LogP contribution in [0.1, 0.15) is 37.8 Å². The van der Waals surface area contributed by atoms with Crippen molar-refractivity contribution in [3.8, 4) is 0 Å². The molecule has 0 radical (unpaired) electrons. The van der Waals surface area contributed by atoms with E-state index in [4.69, 9.17) is 0 Å². The minimum atomic E-state index is -0.228.